The number of anilines is 1. The Hall–Kier alpha value is -2.83. The third kappa shape index (κ3) is 4.13. The molecule has 0 radical (unpaired) electrons. The van der Waals surface area contributed by atoms with Gasteiger partial charge in [0, 0.05) is 35.6 Å². The van der Waals surface area contributed by atoms with E-state index in [9.17, 15) is 9.59 Å². The van der Waals surface area contributed by atoms with E-state index in [1.807, 2.05) is 38.7 Å². The van der Waals surface area contributed by atoms with E-state index in [1.165, 1.54) is 0 Å². The summed E-state index contributed by atoms with van der Waals surface area (Å²) < 4.78 is 0. The van der Waals surface area contributed by atoms with Crippen molar-refractivity contribution < 1.29 is 9.59 Å². The van der Waals surface area contributed by atoms with E-state index in [0.717, 1.165) is 48.4 Å². The Bertz CT molecular complexity index is 833. The van der Waals surface area contributed by atoms with E-state index in [1.54, 1.807) is 12.1 Å². The first-order valence-corrected chi connectivity index (χ1v) is 9.35. The molecule has 3 N–H and O–H groups in total. The lowest BCUT2D eigenvalue weighted by Gasteiger charge is -2.18. The average Bonchev–Trinajstić information content (AvgIpc) is 3.26. The fourth-order valence-electron chi connectivity index (χ4n) is 3.66. The van der Waals surface area contributed by atoms with Crippen molar-refractivity contribution in [2.75, 3.05) is 18.4 Å². The molecule has 0 bridgehead atoms. The number of rotatable bonds is 4. The molecule has 1 aromatic carbocycles. The van der Waals surface area contributed by atoms with Crippen LogP contribution in [-0.2, 0) is 0 Å². The number of aryl methyl sites for hydroxylation is 3. The molecule has 0 unspecified atom stereocenters. The average molecular weight is 369 g/mol. The highest BCUT2D eigenvalue weighted by atomic mass is 16.2. The molecule has 7 heteroatoms. The Labute approximate surface area is 159 Å². The topological polar surface area (TPSA) is 90.1 Å². The molecule has 3 rings (SSSR count). The minimum Gasteiger partial charge on any atom is -0.339 e. The van der Waals surface area contributed by atoms with Crippen molar-refractivity contribution in [2.24, 2.45) is 0 Å². The van der Waals surface area contributed by atoms with Gasteiger partial charge >= 0.3 is 6.03 Å². The van der Waals surface area contributed by atoms with E-state index in [4.69, 9.17) is 0 Å². The van der Waals surface area contributed by atoms with Crippen LogP contribution in [0.25, 0.3) is 0 Å². The fraction of sp³-hybridized carbons (Fsp3) is 0.450. The third-order valence-electron chi connectivity index (χ3n) is 5.08. The Morgan fingerprint density at radius 3 is 2.48 bits per heavy atom. The number of benzene rings is 1. The number of aromatic amines is 1. The van der Waals surface area contributed by atoms with Crippen LogP contribution in [0.1, 0.15) is 58.7 Å². The van der Waals surface area contributed by atoms with E-state index in [2.05, 4.69) is 20.8 Å². The molecule has 1 aromatic heterocycles. The van der Waals surface area contributed by atoms with Crippen LogP contribution in [0.4, 0.5) is 10.5 Å². The molecule has 0 aliphatic carbocycles. The standard InChI is InChI=1S/C20H27N5O2/c1-12-11-16(19(26)25-9-5-6-10-25)7-8-17(12)22-20(27)21-13(2)18-14(3)23-24-15(18)4/h7-8,11,13H,5-6,9-10H2,1-4H3,(H,23,24)(H2,21,22,27)/t13-/m0/s1. The van der Waals surface area contributed by atoms with E-state index >= 15 is 0 Å². The molecule has 2 aromatic rings. The second-order valence-electron chi connectivity index (χ2n) is 7.20. The van der Waals surface area contributed by atoms with Crippen molar-refractivity contribution in [3.63, 3.8) is 0 Å². The van der Waals surface area contributed by atoms with Crippen molar-refractivity contribution in [2.45, 2.75) is 46.6 Å². The Morgan fingerprint density at radius 1 is 1.19 bits per heavy atom. The Morgan fingerprint density at radius 2 is 1.89 bits per heavy atom. The number of carbonyl (C=O) groups excluding carboxylic acids is 2. The highest BCUT2D eigenvalue weighted by Crippen LogP contribution is 2.21. The number of urea groups is 1. The predicted molar refractivity (Wildman–Crippen MR) is 105 cm³/mol. The van der Waals surface area contributed by atoms with Gasteiger partial charge in [-0.3, -0.25) is 9.89 Å². The van der Waals surface area contributed by atoms with Crippen LogP contribution in [0.5, 0.6) is 0 Å². The molecule has 1 aliphatic rings. The highest BCUT2D eigenvalue weighted by Gasteiger charge is 2.20. The number of nitrogens with one attached hydrogen (secondary N) is 3. The normalized spacial score (nSPS) is 14.9. The molecule has 1 saturated heterocycles. The van der Waals surface area contributed by atoms with Gasteiger partial charge in [-0.25, -0.2) is 4.79 Å². The number of amides is 3. The summed E-state index contributed by atoms with van der Waals surface area (Å²) in [5.41, 5.74) is 5.03. The number of nitrogens with zero attached hydrogens (tertiary/aromatic N) is 2. The van der Waals surface area contributed by atoms with Crippen LogP contribution in [0, 0.1) is 20.8 Å². The van der Waals surface area contributed by atoms with Crippen LogP contribution in [0.2, 0.25) is 0 Å². The van der Waals surface area contributed by atoms with Gasteiger partial charge in [-0.2, -0.15) is 5.10 Å². The second-order valence-corrected chi connectivity index (χ2v) is 7.20. The largest absolute Gasteiger partial charge is 0.339 e. The smallest absolute Gasteiger partial charge is 0.319 e. The van der Waals surface area contributed by atoms with Crippen LogP contribution < -0.4 is 10.6 Å². The van der Waals surface area contributed by atoms with Crippen LogP contribution >= 0.6 is 0 Å². The Balaban J connectivity index is 1.65. The Kier molecular flexibility index (Phi) is 5.48. The minimum absolute atomic E-state index is 0.0612. The minimum atomic E-state index is -0.288. The van der Waals surface area contributed by atoms with Gasteiger partial charge in [-0.15, -0.1) is 0 Å². The summed E-state index contributed by atoms with van der Waals surface area (Å²) in [4.78, 5) is 26.8. The molecular formula is C20H27N5O2. The van der Waals surface area contributed by atoms with Gasteiger partial charge in [0.2, 0.25) is 0 Å². The van der Waals surface area contributed by atoms with Crippen molar-refractivity contribution in [1.29, 1.82) is 0 Å². The number of hydrogen-bond acceptors (Lipinski definition) is 3. The van der Waals surface area contributed by atoms with Gasteiger partial charge in [0.15, 0.2) is 0 Å². The molecule has 0 spiro atoms. The highest BCUT2D eigenvalue weighted by molar-refractivity contribution is 5.96. The zero-order valence-corrected chi connectivity index (χ0v) is 16.3. The lowest BCUT2D eigenvalue weighted by atomic mass is 10.1. The van der Waals surface area contributed by atoms with Gasteiger partial charge in [-0.1, -0.05) is 0 Å². The van der Waals surface area contributed by atoms with E-state index in [0.29, 0.717) is 11.3 Å². The van der Waals surface area contributed by atoms with E-state index < -0.39 is 0 Å². The molecule has 0 saturated carbocycles. The molecular weight excluding hydrogens is 342 g/mol. The summed E-state index contributed by atoms with van der Waals surface area (Å²) in [5, 5.41) is 12.9. The van der Waals surface area contributed by atoms with Crippen LogP contribution in [-0.4, -0.2) is 40.1 Å². The van der Waals surface area contributed by atoms with Gasteiger partial charge in [0.25, 0.3) is 5.91 Å². The van der Waals surface area contributed by atoms with Crippen molar-refractivity contribution in [3.05, 3.63) is 46.3 Å². The van der Waals surface area contributed by atoms with Crippen molar-refractivity contribution >= 4 is 17.6 Å². The first kappa shape index (κ1) is 18.9. The molecule has 7 nitrogen and oxygen atoms in total. The quantitative estimate of drug-likeness (QED) is 0.771. The first-order valence-electron chi connectivity index (χ1n) is 9.35. The molecule has 3 amide bonds. The number of aromatic nitrogens is 2. The maximum absolute atomic E-state index is 12.5. The summed E-state index contributed by atoms with van der Waals surface area (Å²) in [7, 11) is 0. The van der Waals surface area contributed by atoms with Gasteiger partial charge in [0.05, 0.1) is 11.7 Å². The molecule has 1 fully saturated rings. The number of carbonyl (C=O) groups is 2. The molecule has 2 heterocycles. The van der Waals surface area contributed by atoms with Gasteiger partial charge in [-0.05, 0) is 64.3 Å². The zero-order valence-electron chi connectivity index (χ0n) is 16.3. The van der Waals surface area contributed by atoms with Gasteiger partial charge < -0.3 is 15.5 Å². The van der Waals surface area contributed by atoms with Crippen LogP contribution in [0.15, 0.2) is 18.2 Å². The maximum Gasteiger partial charge on any atom is 0.319 e. The first-order chi connectivity index (χ1) is 12.9. The lowest BCUT2D eigenvalue weighted by molar-refractivity contribution is 0.0792. The van der Waals surface area contributed by atoms with Gasteiger partial charge in [0.1, 0.15) is 0 Å². The third-order valence-corrected chi connectivity index (χ3v) is 5.08. The summed E-state index contributed by atoms with van der Waals surface area (Å²) in [5.74, 6) is 0.0612. The zero-order chi connectivity index (χ0) is 19.6. The number of H-pyrrole nitrogens is 1. The molecule has 144 valence electrons. The van der Waals surface area contributed by atoms with E-state index in [-0.39, 0.29) is 18.0 Å². The molecule has 1 atom stereocenters. The monoisotopic (exact) mass is 369 g/mol. The molecule has 27 heavy (non-hydrogen) atoms. The summed E-state index contributed by atoms with van der Waals surface area (Å²) in [6.07, 6.45) is 2.14. The predicted octanol–water partition coefficient (Wildman–Crippen LogP) is 3.45. The maximum atomic E-state index is 12.5. The van der Waals surface area contributed by atoms with Crippen molar-refractivity contribution in [3.8, 4) is 0 Å². The SMILES string of the molecule is Cc1cc(C(=O)N2CCCC2)ccc1NC(=O)N[C@@H](C)c1c(C)n[nH]c1C. The second kappa shape index (κ2) is 7.82. The summed E-state index contributed by atoms with van der Waals surface area (Å²) in [6, 6.07) is 4.95. The summed E-state index contributed by atoms with van der Waals surface area (Å²) in [6.45, 7) is 9.32. The van der Waals surface area contributed by atoms with Crippen molar-refractivity contribution in [1.82, 2.24) is 20.4 Å². The summed E-state index contributed by atoms with van der Waals surface area (Å²) >= 11 is 0. The lowest BCUT2D eigenvalue weighted by Crippen LogP contribution is -2.32. The fourth-order valence-corrected chi connectivity index (χ4v) is 3.66. The molecule has 1 aliphatic heterocycles. The van der Waals surface area contributed by atoms with Crippen LogP contribution in [0.3, 0.4) is 0 Å². The number of likely N-dealkylation sites (tertiary alicyclic amines) is 1. The number of hydrogen-bond donors (Lipinski definition) is 3.